The lowest BCUT2D eigenvalue weighted by molar-refractivity contribution is -0.124. The van der Waals surface area contributed by atoms with E-state index in [0.29, 0.717) is 34.4 Å². The van der Waals surface area contributed by atoms with Crippen molar-refractivity contribution < 1.29 is 19.1 Å². The predicted octanol–water partition coefficient (Wildman–Crippen LogP) is 4.09. The molecule has 2 aromatic rings. The van der Waals surface area contributed by atoms with E-state index in [9.17, 15) is 9.59 Å². The Kier molecular flexibility index (Phi) is 6.58. The largest absolute Gasteiger partial charge is 0.493 e. The molecule has 0 bridgehead atoms. The Morgan fingerprint density at radius 1 is 1.24 bits per heavy atom. The molecule has 132 valence electrons. The SMILES string of the molecule is CCN(C(=O)[C@H](C)Oc1cc(C=O)c(Br)cc1OC)c1ccccc1. The summed E-state index contributed by atoms with van der Waals surface area (Å²) in [6, 6.07) is 12.6. The van der Waals surface area contributed by atoms with Crippen LogP contribution in [0.15, 0.2) is 46.9 Å². The van der Waals surface area contributed by atoms with Crippen molar-refractivity contribution >= 4 is 33.8 Å². The van der Waals surface area contributed by atoms with Crippen LogP contribution in [0, 0.1) is 0 Å². The molecular formula is C19H20BrNO4. The number of benzene rings is 2. The lowest BCUT2D eigenvalue weighted by Crippen LogP contribution is -2.40. The van der Waals surface area contributed by atoms with Gasteiger partial charge in [0, 0.05) is 22.3 Å². The highest BCUT2D eigenvalue weighted by Crippen LogP contribution is 2.33. The van der Waals surface area contributed by atoms with Gasteiger partial charge in [-0.2, -0.15) is 0 Å². The number of ether oxygens (including phenoxy) is 2. The highest BCUT2D eigenvalue weighted by Gasteiger charge is 2.24. The summed E-state index contributed by atoms with van der Waals surface area (Å²) in [6.07, 6.45) is -0.0275. The average molecular weight is 406 g/mol. The molecule has 0 saturated carbocycles. The van der Waals surface area contributed by atoms with Crippen molar-refractivity contribution in [2.24, 2.45) is 0 Å². The first kappa shape index (κ1) is 19.0. The topological polar surface area (TPSA) is 55.8 Å². The third-order valence-electron chi connectivity index (χ3n) is 3.71. The highest BCUT2D eigenvalue weighted by molar-refractivity contribution is 9.10. The van der Waals surface area contributed by atoms with Crippen molar-refractivity contribution in [1.82, 2.24) is 0 Å². The minimum absolute atomic E-state index is 0.175. The number of rotatable bonds is 7. The van der Waals surface area contributed by atoms with Crippen molar-refractivity contribution in [2.45, 2.75) is 20.0 Å². The Bertz CT molecular complexity index is 749. The maximum atomic E-state index is 12.8. The van der Waals surface area contributed by atoms with E-state index in [1.807, 2.05) is 37.3 Å². The minimum atomic E-state index is -0.741. The normalized spacial score (nSPS) is 11.5. The summed E-state index contributed by atoms with van der Waals surface area (Å²) in [6.45, 7) is 4.10. The zero-order chi connectivity index (χ0) is 18.4. The zero-order valence-electron chi connectivity index (χ0n) is 14.4. The predicted molar refractivity (Wildman–Crippen MR) is 101 cm³/mol. The number of carbonyl (C=O) groups is 2. The molecule has 0 N–H and O–H groups in total. The monoisotopic (exact) mass is 405 g/mol. The van der Waals surface area contributed by atoms with Crippen LogP contribution >= 0.6 is 15.9 Å². The molecule has 0 unspecified atom stereocenters. The molecule has 5 nitrogen and oxygen atoms in total. The second-order valence-corrected chi connectivity index (χ2v) is 6.17. The Balaban J connectivity index is 2.25. The van der Waals surface area contributed by atoms with Crippen LogP contribution in [0.2, 0.25) is 0 Å². The Labute approximate surface area is 155 Å². The molecule has 0 fully saturated rings. The van der Waals surface area contributed by atoms with Crippen LogP contribution in [0.25, 0.3) is 0 Å². The quantitative estimate of drug-likeness (QED) is 0.650. The van der Waals surface area contributed by atoms with E-state index in [-0.39, 0.29) is 5.91 Å². The number of hydrogen-bond acceptors (Lipinski definition) is 4. The summed E-state index contributed by atoms with van der Waals surface area (Å²) in [5, 5.41) is 0. The zero-order valence-corrected chi connectivity index (χ0v) is 15.9. The van der Waals surface area contributed by atoms with Crippen LogP contribution < -0.4 is 14.4 Å². The molecule has 0 aromatic heterocycles. The maximum Gasteiger partial charge on any atom is 0.267 e. The summed E-state index contributed by atoms with van der Waals surface area (Å²) in [5.41, 5.74) is 1.23. The number of anilines is 1. The third-order valence-corrected chi connectivity index (χ3v) is 4.40. The van der Waals surface area contributed by atoms with Crippen LogP contribution in [0.1, 0.15) is 24.2 Å². The number of para-hydroxylation sites is 1. The van der Waals surface area contributed by atoms with E-state index in [0.717, 1.165) is 5.69 Å². The van der Waals surface area contributed by atoms with Crippen molar-refractivity contribution in [3.8, 4) is 11.5 Å². The standard InChI is InChI=1S/C19H20BrNO4/c1-4-21(15-8-6-5-7-9-15)19(23)13(2)25-18-10-14(12-22)16(20)11-17(18)24-3/h5-13H,4H2,1-3H3/t13-/m0/s1. The van der Waals surface area contributed by atoms with Gasteiger partial charge in [0.25, 0.3) is 5.91 Å². The fourth-order valence-electron chi connectivity index (χ4n) is 2.43. The fourth-order valence-corrected chi connectivity index (χ4v) is 2.84. The minimum Gasteiger partial charge on any atom is -0.493 e. The van der Waals surface area contributed by atoms with Gasteiger partial charge in [-0.05, 0) is 54.0 Å². The van der Waals surface area contributed by atoms with Gasteiger partial charge in [-0.3, -0.25) is 9.59 Å². The Morgan fingerprint density at radius 2 is 1.92 bits per heavy atom. The molecule has 0 spiro atoms. The summed E-state index contributed by atoms with van der Waals surface area (Å²) in [7, 11) is 1.50. The summed E-state index contributed by atoms with van der Waals surface area (Å²) in [5.74, 6) is 0.615. The van der Waals surface area contributed by atoms with Crippen molar-refractivity contribution in [1.29, 1.82) is 0 Å². The van der Waals surface area contributed by atoms with Gasteiger partial charge in [0.2, 0.25) is 0 Å². The van der Waals surface area contributed by atoms with Crippen LogP contribution in [0.4, 0.5) is 5.69 Å². The smallest absolute Gasteiger partial charge is 0.267 e. The van der Waals surface area contributed by atoms with Crippen LogP contribution in [0.5, 0.6) is 11.5 Å². The van der Waals surface area contributed by atoms with Crippen LogP contribution in [-0.4, -0.2) is 32.0 Å². The lowest BCUT2D eigenvalue weighted by atomic mass is 10.2. The number of nitrogens with zero attached hydrogens (tertiary/aromatic N) is 1. The molecule has 0 saturated heterocycles. The number of amides is 1. The van der Waals surface area contributed by atoms with E-state index in [4.69, 9.17) is 9.47 Å². The Morgan fingerprint density at radius 3 is 2.48 bits per heavy atom. The van der Waals surface area contributed by atoms with Gasteiger partial charge in [0.1, 0.15) is 0 Å². The van der Waals surface area contributed by atoms with E-state index in [1.165, 1.54) is 7.11 Å². The molecule has 2 aromatic carbocycles. The summed E-state index contributed by atoms with van der Waals surface area (Å²) >= 11 is 3.30. The van der Waals surface area contributed by atoms with Crippen LogP contribution in [0.3, 0.4) is 0 Å². The average Bonchev–Trinajstić information content (AvgIpc) is 2.64. The van der Waals surface area contributed by atoms with E-state index >= 15 is 0 Å². The van der Waals surface area contributed by atoms with Gasteiger partial charge < -0.3 is 14.4 Å². The molecule has 0 aliphatic rings. The molecule has 0 aliphatic carbocycles. The molecule has 25 heavy (non-hydrogen) atoms. The van der Waals surface area contributed by atoms with E-state index in [2.05, 4.69) is 15.9 Å². The van der Waals surface area contributed by atoms with E-state index in [1.54, 1.807) is 24.0 Å². The van der Waals surface area contributed by atoms with Gasteiger partial charge in [0.15, 0.2) is 23.9 Å². The van der Waals surface area contributed by atoms with E-state index < -0.39 is 6.10 Å². The molecule has 0 aliphatic heterocycles. The molecular weight excluding hydrogens is 386 g/mol. The fraction of sp³-hybridized carbons (Fsp3) is 0.263. The van der Waals surface area contributed by atoms with Crippen molar-refractivity contribution in [2.75, 3.05) is 18.6 Å². The third kappa shape index (κ3) is 4.39. The molecule has 1 atom stereocenters. The molecule has 6 heteroatoms. The molecule has 0 radical (unpaired) electrons. The number of aldehydes is 1. The van der Waals surface area contributed by atoms with Gasteiger partial charge in [0.05, 0.1) is 7.11 Å². The highest BCUT2D eigenvalue weighted by atomic mass is 79.9. The van der Waals surface area contributed by atoms with Crippen molar-refractivity contribution in [3.05, 3.63) is 52.5 Å². The first-order valence-corrected chi connectivity index (χ1v) is 8.66. The number of methoxy groups -OCH3 is 1. The lowest BCUT2D eigenvalue weighted by Gasteiger charge is -2.25. The molecule has 2 rings (SSSR count). The number of carbonyl (C=O) groups excluding carboxylic acids is 2. The first-order valence-electron chi connectivity index (χ1n) is 7.87. The number of hydrogen-bond donors (Lipinski definition) is 0. The van der Waals surface area contributed by atoms with Gasteiger partial charge >= 0.3 is 0 Å². The number of likely N-dealkylation sites (N-methyl/N-ethyl adjacent to an activating group) is 1. The summed E-state index contributed by atoms with van der Waals surface area (Å²) in [4.78, 5) is 25.6. The molecule has 1 amide bonds. The second-order valence-electron chi connectivity index (χ2n) is 5.32. The van der Waals surface area contributed by atoms with Crippen LogP contribution in [-0.2, 0) is 4.79 Å². The van der Waals surface area contributed by atoms with Gasteiger partial charge in [-0.25, -0.2) is 0 Å². The molecule has 0 heterocycles. The second kappa shape index (κ2) is 8.67. The first-order chi connectivity index (χ1) is 12.0. The van der Waals surface area contributed by atoms with Gasteiger partial charge in [-0.1, -0.05) is 18.2 Å². The maximum absolute atomic E-state index is 12.8. The summed E-state index contributed by atoms with van der Waals surface area (Å²) < 4.78 is 11.7. The van der Waals surface area contributed by atoms with Crippen molar-refractivity contribution in [3.63, 3.8) is 0 Å². The van der Waals surface area contributed by atoms with Gasteiger partial charge in [-0.15, -0.1) is 0 Å². The number of halogens is 1. The Hall–Kier alpha value is -2.34.